The lowest BCUT2D eigenvalue weighted by Crippen LogP contribution is -2.30. The molecule has 1 fully saturated rings. The lowest BCUT2D eigenvalue weighted by Gasteiger charge is -2.26. The van der Waals surface area contributed by atoms with Gasteiger partial charge < -0.3 is 14.2 Å². The SMILES string of the molecule is Cl.Cn1c(C2CCCCCC2)nnc1C(C)(C)n1ccc(CO)c1. The van der Waals surface area contributed by atoms with Crippen LogP contribution in [0.25, 0.3) is 0 Å². The standard InChI is InChI=1S/C18H28N4O.ClH/c1-18(2,22-11-10-14(12-22)13-23)17-20-19-16(21(17)3)15-8-6-4-5-7-9-15;/h10-12,15,23H,4-9,13H2,1-3H3;1H. The molecule has 0 bridgehead atoms. The Morgan fingerprint density at radius 3 is 2.42 bits per heavy atom. The lowest BCUT2D eigenvalue weighted by molar-refractivity contribution is 0.281. The first-order valence-electron chi connectivity index (χ1n) is 8.72. The Morgan fingerprint density at radius 2 is 1.83 bits per heavy atom. The van der Waals surface area contributed by atoms with Gasteiger partial charge in [0.05, 0.1) is 12.1 Å². The van der Waals surface area contributed by atoms with Gasteiger partial charge in [-0.3, -0.25) is 0 Å². The molecule has 3 rings (SSSR count). The number of nitrogens with zero attached hydrogens (tertiary/aromatic N) is 4. The average Bonchev–Trinajstić information content (AvgIpc) is 3.08. The van der Waals surface area contributed by atoms with Gasteiger partial charge in [-0.25, -0.2) is 0 Å². The Kier molecular flexibility index (Phi) is 6.10. The molecule has 2 aromatic rings. The zero-order valence-electron chi connectivity index (χ0n) is 14.9. The highest BCUT2D eigenvalue weighted by atomic mass is 35.5. The van der Waals surface area contributed by atoms with Crippen LogP contribution in [-0.4, -0.2) is 24.4 Å². The fraction of sp³-hybridized carbons (Fsp3) is 0.667. The van der Waals surface area contributed by atoms with Gasteiger partial charge in [0.1, 0.15) is 5.82 Å². The van der Waals surface area contributed by atoms with E-state index in [1.54, 1.807) is 0 Å². The fourth-order valence-electron chi connectivity index (χ4n) is 3.76. The van der Waals surface area contributed by atoms with Gasteiger partial charge in [-0.05, 0) is 38.3 Å². The summed E-state index contributed by atoms with van der Waals surface area (Å²) in [5.74, 6) is 2.64. The van der Waals surface area contributed by atoms with E-state index in [4.69, 9.17) is 0 Å². The molecule has 0 amide bonds. The van der Waals surface area contributed by atoms with Gasteiger partial charge in [-0.1, -0.05) is 25.7 Å². The molecule has 0 radical (unpaired) electrons. The second kappa shape index (κ2) is 7.70. The van der Waals surface area contributed by atoms with Gasteiger partial charge >= 0.3 is 0 Å². The molecule has 0 aromatic carbocycles. The number of aliphatic hydroxyl groups excluding tert-OH is 1. The molecule has 0 saturated heterocycles. The topological polar surface area (TPSA) is 55.9 Å². The minimum atomic E-state index is -0.294. The zero-order valence-corrected chi connectivity index (χ0v) is 15.7. The molecule has 0 unspecified atom stereocenters. The molecule has 1 aliphatic carbocycles. The third kappa shape index (κ3) is 3.52. The number of aliphatic hydroxyl groups is 1. The van der Waals surface area contributed by atoms with Crippen LogP contribution in [0.5, 0.6) is 0 Å². The summed E-state index contributed by atoms with van der Waals surface area (Å²) < 4.78 is 4.30. The molecule has 24 heavy (non-hydrogen) atoms. The molecule has 2 heterocycles. The van der Waals surface area contributed by atoms with E-state index in [1.807, 2.05) is 18.5 Å². The van der Waals surface area contributed by atoms with Crippen LogP contribution < -0.4 is 0 Å². The summed E-state index contributed by atoms with van der Waals surface area (Å²) in [5.41, 5.74) is 0.627. The van der Waals surface area contributed by atoms with E-state index in [2.05, 4.69) is 40.2 Å². The third-order valence-corrected chi connectivity index (χ3v) is 5.26. The van der Waals surface area contributed by atoms with Crippen LogP contribution in [0.2, 0.25) is 0 Å². The Hall–Kier alpha value is -1.33. The Morgan fingerprint density at radius 1 is 1.17 bits per heavy atom. The number of aromatic nitrogens is 4. The van der Waals surface area contributed by atoms with Crippen LogP contribution in [0.15, 0.2) is 18.5 Å². The number of hydrogen-bond acceptors (Lipinski definition) is 3. The molecule has 0 atom stereocenters. The van der Waals surface area contributed by atoms with Gasteiger partial charge in [0.15, 0.2) is 5.82 Å². The molecule has 2 aromatic heterocycles. The predicted octanol–water partition coefficient (Wildman–Crippen LogP) is 3.75. The highest BCUT2D eigenvalue weighted by Gasteiger charge is 2.31. The van der Waals surface area contributed by atoms with Crippen molar-refractivity contribution in [1.82, 2.24) is 19.3 Å². The highest BCUT2D eigenvalue weighted by molar-refractivity contribution is 5.85. The van der Waals surface area contributed by atoms with E-state index < -0.39 is 0 Å². The largest absolute Gasteiger partial charge is 0.392 e. The summed E-state index contributed by atoms with van der Waals surface area (Å²) in [5, 5.41) is 18.4. The van der Waals surface area contributed by atoms with Crippen molar-refractivity contribution in [2.45, 2.75) is 70.4 Å². The molecular weight excluding hydrogens is 324 g/mol. The number of halogens is 1. The van der Waals surface area contributed by atoms with Crippen molar-refractivity contribution in [2.75, 3.05) is 0 Å². The maximum absolute atomic E-state index is 9.30. The smallest absolute Gasteiger partial charge is 0.158 e. The van der Waals surface area contributed by atoms with Gasteiger partial charge in [0.25, 0.3) is 0 Å². The molecule has 6 heteroatoms. The molecule has 1 N–H and O–H groups in total. The van der Waals surface area contributed by atoms with Gasteiger partial charge in [-0.2, -0.15) is 0 Å². The van der Waals surface area contributed by atoms with Crippen LogP contribution in [-0.2, 0) is 19.2 Å². The second-order valence-corrected chi connectivity index (χ2v) is 7.27. The van der Waals surface area contributed by atoms with Gasteiger partial charge in [-0.15, -0.1) is 22.6 Å². The molecule has 134 valence electrons. The third-order valence-electron chi connectivity index (χ3n) is 5.26. The van der Waals surface area contributed by atoms with E-state index in [-0.39, 0.29) is 24.6 Å². The fourth-order valence-corrected chi connectivity index (χ4v) is 3.76. The Bertz CT molecular complexity index is 654. The first-order valence-corrected chi connectivity index (χ1v) is 8.72. The summed E-state index contributed by atoms with van der Waals surface area (Å²) in [6, 6.07) is 1.95. The minimum absolute atomic E-state index is 0. The lowest BCUT2D eigenvalue weighted by atomic mass is 9.99. The van der Waals surface area contributed by atoms with Crippen LogP contribution >= 0.6 is 12.4 Å². The van der Waals surface area contributed by atoms with Crippen LogP contribution in [0.3, 0.4) is 0 Å². The van der Waals surface area contributed by atoms with E-state index in [9.17, 15) is 5.11 Å². The van der Waals surface area contributed by atoms with Crippen LogP contribution in [0.4, 0.5) is 0 Å². The average molecular weight is 353 g/mol. The first-order chi connectivity index (χ1) is 11.0. The van der Waals surface area contributed by atoms with Crippen molar-refractivity contribution in [3.8, 4) is 0 Å². The summed E-state index contributed by atoms with van der Waals surface area (Å²) in [4.78, 5) is 0. The molecule has 0 spiro atoms. The van der Waals surface area contributed by atoms with Crippen molar-refractivity contribution in [3.63, 3.8) is 0 Å². The van der Waals surface area contributed by atoms with Crippen molar-refractivity contribution in [1.29, 1.82) is 0 Å². The van der Waals surface area contributed by atoms with Gasteiger partial charge in [0, 0.05) is 25.4 Å². The monoisotopic (exact) mass is 352 g/mol. The Labute approximate surface area is 150 Å². The molecular formula is C18H29ClN4O. The maximum atomic E-state index is 9.30. The Balaban J connectivity index is 0.00000208. The quantitative estimate of drug-likeness (QED) is 0.852. The van der Waals surface area contributed by atoms with E-state index in [0.717, 1.165) is 17.2 Å². The van der Waals surface area contributed by atoms with E-state index >= 15 is 0 Å². The number of hydrogen-bond donors (Lipinski definition) is 1. The zero-order chi connectivity index (χ0) is 16.4. The van der Waals surface area contributed by atoms with Gasteiger partial charge in [0.2, 0.25) is 0 Å². The second-order valence-electron chi connectivity index (χ2n) is 7.27. The highest BCUT2D eigenvalue weighted by Crippen LogP contribution is 2.33. The van der Waals surface area contributed by atoms with Crippen molar-refractivity contribution < 1.29 is 5.11 Å². The summed E-state index contributed by atoms with van der Waals surface area (Å²) >= 11 is 0. The van der Waals surface area contributed by atoms with Crippen molar-refractivity contribution in [3.05, 3.63) is 35.7 Å². The predicted molar refractivity (Wildman–Crippen MR) is 97.5 cm³/mol. The van der Waals surface area contributed by atoms with Crippen molar-refractivity contribution in [2.24, 2.45) is 7.05 Å². The normalized spacial score (nSPS) is 16.7. The van der Waals surface area contributed by atoms with E-state index in [0.29, 0.717) is 5.92 Å². The summed E-state index contributed by atoms with van der Waals surface area (Å²) in [6.45, 7) is 4.36. The van der Waals surface area contributed by atoms with Crippen LogP contribution in [0.1, 0.15) is 75.5 Å². The number of rotatable bonds is 4. The molecule has 1 aliphatic rings. The molecule has 0 aliphatic heterocycles. The summed E-state index contributed by atoms with van der Waals surface area (Å²) in [6.07, 6.45) is 11.7. The molecule has 5 nitrogen and oxygen atoms in total. The summed E-state index contributed by atoms with van der Waals surface area (Å²) in [7, 11) is 2.09. The minimum Gasteiger partial charge on any atom is -0.392 e. The van der Waals surface area contributed by atoms with E-state index in [1.165, 1.54) is 38.5 Å². The first kappa shape index (κ1) is 19.0. The van der Waals surface area contributed by atoms with Crippen LogP contribution in [0, 0.1) is 0 Å². The van der Waals surface area contributed by atoms with Crippen molar-refractivity contribution >= 4 is 12.4 Å². The molecule has 1 saturated carbocycles. The maximum Gasteiger partial charge on any atom is 0.158 e.